The van der Waals surface area contributed by atoms with E-state index in [9.17, 15) is 18.4 Å². The summed E-state index contributed by atoms with van der Waals surface area (Å²) in [6, 6.07) is 8.69. The van der Waals surface area contributed by atoms with Crippen LogP contribution in [0.1, 0.15) is 20.7 Å². The summed E-state index contributed by atoms with van der Waals surface area (Å²) in [5.74, 6) is -4.39. The minimum Gasteiger partial charge on any atom is -0.478 e. The van der Waals surface area contributed by atoms with Crippen LogP contribution in [0.15, 0.2) is 42.5 Å². The molecular weight excluding hydrogens is 268 g/mol. The van der Waals surface area contributed by atoms with Gasteiger partial charge in [-0.05, 0) is 30.3 Å². The summed E-state index contributed by atoms with van der Waals surface area (Å²) in [4.78, 5) is 22.6. The Morgan fingerprint density at radius 3 is 2.45 bits per heavy atom. The molecule has 0 aliphatic rings. The van der Waals surface area contributed by atoms with Crippen molar-refractivity contribution in [3.8, 4) is 0 Å². The summed E-state index contributed by atoms with van der Waals surface area (Å²) in [7, 11) is 0. The summed E-state index contributed by atoms with van der Waals surface area (Å²) in [5.41, 5.74) is -0.299. The van der Waals surface area contributed by atoms with Gasteiger partial charge in [-0.2, -0.15) is 0 Å². The first kappa shape index (κ1) is 13.7. The number of halogens is 2. The van der Waals surface area contributed by atoms with Crippen LogP contribution in [0.4, 0.5) is 14.5 Å². The number of carboxylic acid groups (broad SMARTS) is 1. The third kappa shape index (κ3) is 2.80. The molecule has 0 unspecified atom stereocenters. The Morgan fingerprint density at radius 1 is 1.05 bits per heavy atom. The van der Waals surface area contributed by atoms with Gasteiger partial charge in [-0.1, -0.05) is 12.1 Å². The molecule has 1 amide bonds. The maximum atomic E-state index is 13.4. The third-order valence-corrected chi connectivity index (χ3v) is 2.56. The van der Waals surface area contributed by atoms with Crippen molar-refractivity contribution in [1.29, 1.82) is 0 Å². The molecule has 0 spiro atoms. The SMILES string of the molecule is O=C(O)c1cccc(NC(=O)c2cccc(F)c2F)c1. The van der Waals surface area contributed by atoms with Gasteiger partial charge in [0.05, 0.1) is 11.1 Å². The van der Waals surface area contributed by atoms with Gasteiger partial charge in [-0.3, -0.25) is 4.79 Å². The molecule has 2 aromatic carbocycles. The van der Waals surface area contributed by atoms with E-state index in [1.54, 1.807) is 0 Å². The zero-order valence-electron chi connectivity index (χ0n) is 10.1. The number of nitrogens with one attached hydrogen (secondary N) is 1. The molecule has 4 nitrogen and oxygen atoms in total. The highest BCUT2D eigenvalue weighted by molar-refractivity contribution is 6.05. The average molecular weight is 277 g/mol. The highest BCUT2D eigenvalue weighted by Crippen LogP contribution is 2.15. The molecule has 0 aliphatic heterocycles. The van der Waals surface area contributed by atoms with Gasteiger partial charge in [-0.25, -0.2) is 13.6 Å². The topological polar surface area (TPSA) is 66.4 Å². The van der Waals surface area contributed by atoms with Crippen LogP contribution in [0.5, 0.6) is 0 Å². The smallest absolute Gasteiger partial charge is 0.335 e. The van der Waals surface area contributed by atoms with Crippen molar-refractivity contribution in [3.63, 3.8) is 0 Å². The van der Waals surface area contributed by atoms with E-state index in [0.717, 1.165) is 12.1 Å². The summed E-state index contributed by atoms with van der Waals surface area (Å²) < 4.78 is 26.4. The molecular formula is C14H9F2NO3. The molecule has 2 N–H and O–H groups in total. The molecule has 0 bridgehead atoms. The van der Waals surface area contributed by atoms with Gasteiger partial charge < -0.3 is 10.4 Å². The highest BCUT2D eigenvalue weighted by Gasteiger charge is 2.15. The quantitative estimate of drug-likeness (QED) is 0.906. The van der Waals surface area contributed by atoms with E-state index < -0.39 is 29.1 Å². The minimum absolute atomic E-state index is 0.0254. The van der Waals surface area contributed by atoms with E-state index in [4.69, 9.17) is 5.11 Å². The highest BCUT2D eigenvalue weighted by atomic mass is 19.2. The minimum atomic E-state index is -1.25. The zero-order chi connectivity index (χ0) is 14.7. The standard InChI is InChI=1S/C14H9F2NO3/c15-11-6-2-5-10(12(11)16)13(18)17-9-4-1-3-8(7-9)14(19)20/h1-7H,(H,17,18)(H,19,20). The van der Waals surface area contributed by atoms with Crippen molar-refractivity contribution in [2.24, 2.45) is 0 Å². The zero-order valence-corrected chi connectivity index (χ0v) is 10.1. The molecule has 102 valence electrons. The average Bonchev–Trinajstić information content (AvgIpc) is 2.42. The van der Waals surface area contributed by atoms with Crippen molar-refractivity contribution in [1.82, 2.24) is 0 Å². The van der Waals surface area contributed by atoms with Gasteiger partial charge in [0.15, 0.2) is 11.6 Å². The molecule has 0 aliphatic carbocycles. The Balaban J connectivity index is 2.26. The van der Waals surface area contributed by atoms with Crippen LogP contribution < -0.4 is 5.32 Å². The lowest BCUT2D eigenvalue weighted by atomic mass is 10.1. The molecule has 0 atom stereocenters. The fourth-order valence-corrected chi connectivity index (χ4v) is 1.61. The molecule has 0 aromatic heterocycles. The van der Waals surface area contributed by atoms with Gasteiger partial charge in [-0.15, -0.1) is 0 Å². The second-order valence-corrected chi connectivity index (χ2v) is 3.94. The van der Waals surface area contributed by atoms with Crippen LogP contribution in [-0.2, 0) is 0 Å². The van der Waals surface area contributed by atoms with Crippen LogP contribution in [0.25, 0.3) is 0 Å². The van der Waals surface area contributed by atoms with Crippen LogP contribution in [0, 0.1) is 11.6 Å². The Labute approximate surface area is 112 Å². The van der Waals surface area contributed by atoms with Crippen LogP contribution in [0.2, 0.25) is 0 Å². The Hall–Kier alpha value is -2.76. The summed E-state index contributed by atoms with van der Waals surface area (Å²) >= 11 is 0. The van der Waals surface area contributed by atoms with Gasteiger partial charge in [0.1, 0.15) is 0 Å². The molecule has 0 saturated carbocycles. The fourth-order valence-electron chi connectivity index (χ4n) is 1.61. The Morgan fingerprint density at radius 2 is 1.75 bits per heavy atom. The molecule has 0 saturated heterocycles. The number of carbonyl (C=O) groups excluding carboxylic acids is 1. The maximum Gasteiger partial charge on any atom is 0.335 e. The maximum absolute atomic E-state index is 13.4. The van der Waals surface area contributed by atoms with Crippen LogP contribution in [0.3, 0.4) is 0 Å². The van der Waals surface area contributed by atoms with E-state index in [1.807, 2.05) is 0 Å². The summed E-state index contributed by atoms with van der Waals surface area (Å²) in [5, 5.41) is 11.1. The van der Waals surface area contributed by atoms with E-state index in [2.05, 4.69) is 5.32 Å². The van der Waals surface area contributed by atoms with Crippen molar-refractivity contribution < 1.29 is 23.5 Å². The van der Waals surface area contributed by atoms with Gasteiger partial charge in [0.2, 0.25) is 0 Å². The number of rotatable bonds is 3. The van der Waals surface area contributed by atoms with E-state index >= 15 is 0 Å². The van der Waals surface area contributed by atoms with Crippen LogP contribution >= 0.6 is 0 Å². The number of hydrogen-bond donors (Lipinski definition) is 2. The largest absolute Gasteiger partial charge is 0.478 e. The van der Waals surface area contributed by atoms with E-state index in [-0.39, 0.29) is 11.3 Å². The van der Waals surface area contributed by atoms with Crippen LogP contribution in [-0.4, -0.2) is 17.0 Å². The molecule has 0 fully saturated rings. The second-order valence-electron chi connectivity index (χ2n) is 3.94. The lowest BCUT2D eigenvalue weighted by molar-refractivity contribution is 0.0696. The molecule has 6 heteroatoms. The Kier molecular flexibility index (Phi) is 3.74. The summed E-state index contributed by atoms with van der Waals surface area (Å²) in [6.07, 6.45) is 0. The fraction of sp³-hybridized carbons (Fsp3) is 0. The predicted octanol–water partition coefficient (Wildman–Crippen LogP) is 2.92. The number of carbonyl (C=O) groups is 2. The normalized spacial score (nSPS) is 10.1. The number of aromatic carboxylic acids is 1. The van der Waals surface area contributed by atoms with E-state index in [1.165, 1.54) is 30.3 Å². The predicted molar refractivity (Wildman–Crippen MR) is 67.7 cm³/mol. The first-order valence-electron chi connectivity index (χ1n) is 5.58. The molecule has 0 heterocycles. The lowest BCUT2D eigenvalue weighted by Gasteiger charge is -2.07. The van der Waals surface area contributed by atoms with Crippen molar-refractivity contribution >= 4 is 17.6 Å². The van der Waals surface area contributed by atoms with Gasteiger partial charge >= 0.3 is 5.97 Å². The molecule has 0 radical (unpaired) electrons. The van der Waals surface area contributed by atoms with E-state index in [0.29, 0.717) is 0 Å². The van der Waals surface area contributed by atoms with Gasteiger partial charge in [0, 0.05) is 5.69 Å². The third-order valence-electron chi connectivity index (χ3n) is 2.56. The number of amides is 1. The number of benzene rings is 2. The van der Waals surface area contributed by atoms with Crippen molar-refractivity contribution in [2.75, 3.05) is 5.32 Å². The Bertz CT molecular complexity index is 686. The van der Waals surface area contributed by atoms with Gasteiger partial charge in [0.25, 0.3) is 5.91 Å². The van der Waals surface area contributed by atoms with Crippen molar-refractivity contribution in [2.45, 2.75) is 0 Å². The lowest BCUT2D eigenvalue weighted by Crippen LogP contribution is -2.14. The summed E-state index contributed by atoms with van der Waals surface area (Å²) in [6.45, 7) is 0. The number of carboxylic acids is 1. The first-order valence-corrected chi connectivity index (χ1v) is 5.58. The first-order chi connectivity index (χ1) is 9.49. The molecule has 2 aromatic rings. The number of hydrogen-bond acceptors (Lipinski definition) is 2. The molecule has 2 rings (SSSR count). The van der Waals surface area contributed by atoms with Crippen molar-refractivity contribution in [3.05, 3.63) is 65.2 Å². The monoisotopic (exact) mass is 277 g/mol. The second kappa shape index (κ2) is 5.48. The number of anilines is 1. The molecule has 20 heavy (non-hydrogen) atoms.